The number of guanidine groups is 1. The molecular weight excluding hydrogens is 372 g/mol. The summed E-state index contributed by atoms with van der Waals surface area (Å²) in [4.78, 5) is 7.49. The normalized spacial score (nSPS) is 20.3. The van der Waals surface area contributed by atoms with Crippen molar-refractivity contribution in [3.05, 3.63) is 65.7 Å². The zero-order chi connectivity index (χ0) is 20.6. The van der Waals surface area contributed by atoms with Crippen molar-refractivity contribution in [2.75, 3.05) is 32.8 Å². The molecule has 0 amide bonds. The Kier molecular flexibility index (Phi) is 7.25. The maximum atomic E-state index is 5.80. The summed E-state index contributed by atoms with van der Waals surface area (Å²) in [7, 11) is 0. The zero-order valence-corrected chi connectivity index (χ0v) is 18.0. The molecule has 1 fully saturated rings. The van der Waals surface area contributed by atoms with Gasteiger partial charge in [0.25, 0.3) is 0 Å². The first-order valence-corrected chi connectivity index (χ1v) is 11.3. The van der Waals surface area contributed by atoms with E-state index in [2.05, 4.69) is 71.0 Å². The van der Waals surface area contributed by atoms with Gasteiger partial charge in [-0.25, -0.2) is 0 Å². The summed E-state index contributed by atoms with van der Waals surface area (Å²) >= 11 is 0. The van der Waals surface area contributed by atoms with Gasteiger partial charge in [0.1, 0.15) is 5.75 Å². The summed E-state index contributed by atoms with van der Waals surface area (Å²) in [5.74, 6) is 2.40. The Morgan fingerprint density at radius 3 is 2.60 bits per heavy atom. The molecule has 1 unspecified atom stereocenters. The molecule has 0 radical (unpaired) electrons. The number of hydrogen-bond acceptors (Lipinski definition) is 3. The van der Waals surface area contributed by atoms with Gasteiger partial charge in [-0.15, -0.1) is 0 Å². The van der Waals surface area contributed by atoms with Gasteiger partial charge in [-0.1, -0.05) is 48.5 Å². The van der Waals surface area contributed by atoms with E-state index in [9.17, 15) is 0 Å². The second-order valence-electron chi connectivity index (χ2n) is 8.27. The van der Waals surface area contributed by atoms with E-state index in [0.717, 1.165) is 70.3 Å². The fourth-order valence-electron chi connectivity index (χ4n) is 4.40. The topological polar surface area (TPSA) is 48.9 Å². The van der Waals surface area contributed by atoms with Crippen LogP contribution in [-0.4, -0.2) is 49.7 Å². The van der Waals surface area contributed by atoms with Gasteiger partial charge < -0.3 is 15.4 Å². The fourth-order valence-corrected chi connectivity index (χ4v) is 4.40. The minimum atomic E-state index is 0.429. The van der Waals surface area contributed by atoms with E-state index in [1.54, 1.807) is 0 Å². The Morgan fingerprint density at radius 1 is 1.03 bits per heavy atom. The molecule has 2 aromatic rings. The highest BCUT2D eigenvalue weighted by atomic mass is 16.5. The van der Waals surface area contributed by atoms with Gasteiger partial charge in [0.15, 0.2) is 5.96 Å². The van der Waals surface area contributed by atoms with E-state index < -0.39 is 0 Å². The molecule has 30 heavy (non-hydrogen) atoms. The van der Waals surface area contributed by atoms with Crippen molar-refractivity contribution in [1.82, 2.24) is 15.5 Å². The zero-order valence-electron chi connectivity index (χ0n) is 18.0. The average molecular weight is 407 g/mol. The highest BCUT2D eigenvalue weighted by Crippen LogP contribution is 2.33. The molecule has 4 rings (SSSR count). The second kappa shape index (κ2) is 10.5. The number of aliphatic imine (C=N–C) groups is 1. The summed E-state index contributed by atoms with van der Waals surface area (Å²) < 4.78 is 5.80. The summed E-state index contributed by atoms with van der Waals surface area (Å²) in [6, 6.07) is 19.6. The molecule has 5 nitrogen and oxygen atoms in total. The van der Waals surface area contributed by atoms with Gasteiger partial charge in [-0.3, -0.25) is 9.89 Å². The van der Waals surface area contributed by atoms with Crippen molar-refractivity contribution in [2.24, 2.45) is 4.99 Å². The lowest BCUT2D eigenvalue weighted by Crippen LogP contribution is -2.48. The van der Waals surface area contributed by atoms with Crippen molar-refractivity contribution >= 4 is 5.96 Å². The van der Waals surface area contributed by atoms with Crippen LogP contribution in [0.5, 0.6) is 5.75 Å². The summed E-state index contributed by atoms with van der Waals surface area (Å²) in [6.45, 7) is 7.87. The van der Waals surface area contributed by atoms with Gasteiger partial charge in [-0.2, -0.15) is 0 Å². The highest BCUT2D eigenvalue weighted by Gasteiger charge is 2.22. The Morgan fingerprint density at radius 2 is 1.80 bits per heavy atom. The molecule has 1 saturated heterocycles. The van der Waals surface area contributed by atoms with E-state index in [4.69, 9.17) is 9.73 Å². The van der Waals surface area contributed by atoms with Crippen LogP contribution in [-0.2, 0) is 6.54 Å². The summed E-state index contributed by atoms with van der Waals surface area (Å²) in [6.07, 6.45) is 3.33. The Balaban J connectivity index is 1.30. The molecule has 1 atom stereocenters. The predicted molar refractivity (Wildman–Crippen MR) is 123 cm³/mol. The van der Waals surface area contributed by atoms with Crippen LogP contribution in [0.4, 0.5) is 0 Å². The van der Waals surface area contributed by atoms with Gasteiger partial charge in [0, 0.05) is 44.7 Å². The van der Waals surface area contributed by atoms with Gasteiger partial charge in [0.05, 0.1) is 6.61 Å². The molecule has 0 aliphatic carbocycles. The molecule has 2 N–H and O–H groups in total. The molecular formula is C25H34N4O. The summed E-state index contributed by atoms with van der Waals surface area (Å²) in [5.41, 5.74) is 2.69. The number of ether oxygens (including phenoxy) is 1. The third-order valence-corrected chi connectivity index (χ3v) is 6.07. The quantitative estimate of drug-likeness (QED) is 0.566. The molecule has 160 valence electrons. The van der Waals surface area contributed by atoms with Gasteiger partial charge in [-0.05, 0) is 43.4 Å². The number of fused-ring (bicyclic) bond motifs is 1. The lowest BCUT2D eigenvalue weighted by Gasteiger charge is -2.33. The van der Waals surface area contributed by atoms with Gasteiger partial charge in [0.2, 0.25) is 0 Å². The third kappa shape index (κ3) is 5.54. The molecule has 2 heterocycles. The number of hydrogen-bond donors (Lipinski definition) is 2. The SMILES string of the molecule is CCNC(=NCC1CCOc2ccccc21)NC1CCN(Cc2ccccc2)CC1. The molecule has 2 aliphatic heterocycles. The monoisotopic (exact) mass is 406 g/mol. The second-order valence-corrected chi connectivity index (χ2v) is 8.27. The van der Waals surface area contributed by atoms with E-state index in [-0.39, 0.29) is 0 Å². The number of nitrogens with one attached hydrogen (secondary N) is 2. The lowest BCUT2D eigenvalue weighted by atomic mass is 9.93. The molecule has 0 spiro atoms. The van der Waals surface area contributed by atoms with E-state index >= 15 is 0 Å². The number of piperidine rings is 1. The van der Waals surface area contributed by atoms with Crippen molar-refractivity contribution in [3.8, 4) is 5.75 Å². The van der Waals surface area contributed by atoms with E-state index in [1.807, 2.05) is 6.07 Å². The smallest absolute Gasteiger partial charge is 0.191 e. The maximum Gasteiger partial charge on any atom is 0.191 e. The molecule has 5 heteroatoms. The largest absolute Gasteiger partial charge is 0.493 e. The molecule has 0 bridgehead atoms. The van der Waals surface area contributed by atoms with Crippen LogP contribution in [0.2, 0.25) is 0 Å². The number of rotatable bonds is 6. The minimum absolute atomic E-state index is 0.429. The first-order valence-electron chi connectivity index (χ1n) is 11.3. The van der Waals surface area contributed by atoms with E-state index in [1.165, 1.54) is 11.1 Å². The first-order chi connectivity index (χ1) is 14.8. The van der Waals surface area contributed by atoms with Crippen LogP contribution >= 0.6 is 0 Å². The number of para-hydroxylation sites is 1. The molecule has 0 aromatic heterocycles. The van der Waals surface area contributed by atoms with Crippen LogP contribution in [0.15, 0.2) is 59.6 Å². The van der Waals surface area contributed by atoms with Crippen molar-refractivity contribution in [2.45, 2.75) is 44.7 Å². The van der Waals surface area contributed by atoms with Crippen molar-refractivity contribution in [1.29, 1.82) is 0 Å². The van der Waals surface area contributed by atoms with Crippen LogP contribution < -0.4 is 15.4 Å². The number of likely N-dealkylation sites (tertiary alicyclic amines) is 1. The molecule has 2 aliphatic rings. The first kappa shape index (κ1) is 20.7. The number of benzene rings is 2. The molecule has 2 aromatic carbocycles. The minimum Gasteiger partial charge on any atom is -0.493 e. The predicted octanol–water partition coefficient (Wildman–Crippen LogP) is 3.77. The van der Waals surface area contributed by atoms with Crippen LogP contribution in [0.3, 0.4) is 0 Å². The molecule has 0 saturated carbocycles. The lowest BCUT2D eigenvalue weighted by molar-refractivity contribution is 0.198. The van der Waals surface area contributed by atoms with Crippen molar-refractivity contribution < 1.29 is 4.74 Å². The van der Waals surface area contributed by atoms with Crippen LogP contribution in [0, 0.1) is 0 Å². The Labute approximate surface area is 180 Å². The highest BCUT2D eigenvalue weighted by molar-refractivity contribution is 5.80. The van der Waals surface area contributed by atoms with Crippen molar-refractivity contribution in [3.63, 3.8) is 0 Å². The third-order valence-electron chi connectivity index (χ3n) is 6.07. The standard InChI is InChI=1S/C25H34N4O/c1-2-26-25(27-18-21-14-17-30-24-11-7-6-10-23(21)24)28-22-12-15-29(16-13-22)19-20-8-4-3-5-9-20/h3-11,21-22H,2,12-19H2,1H3,(H2,26,27,28). The Bertz CT molecular complexity index is 815. The van der Waals surface area contributed by atoms with Gasteiger partial charge >= 0.3 is 0 Å². The van der Waals surface area contributed by atoms with Crippen LogP contribution in [0.25, 0.3) is 0 Å². The maximum absolute atomic E-state index is 5.80. The summed E-state index contributed by atoms with van der Waals surface area (Å²) in [5, 5.41) is 7.12. The fraction of sp³-hybridized carbons (Fsp3) is 0.480. The number of nitrogens with zero attached hydrogens (tertiary/aromatic N) is 2. The Hall–Kier alpha value is -2.53. The van der Waals surface area contributed by atoms with E-state index in [0.29, 0.717) is 12.0 Å². The van der Waals surface area contributed by atoms with Crippen LogP contribution in [0.1, 0.15) is 43.2 Å². The average Bonchev–Trinajstić information content (AvgIpc) is 2.79.